The Balaban J connectivity index is 1.63. The molecule has 1 aromatic heterocycles. The maximum Gasteiger partial charge on any atom is 0.262 e. The lowest BCUT2D eigenvalue weighted by atomic mass is 10.3. The molecule has 3 rings (SSSR count). The number of aliphatic imine (C=N–C) groups is 1. The second-order valence-electron chi connectivity index (χ2n) is 5.69. The van der Waals surface area contributed by atoms with Crippen molar-refractivity contribution in [2.24, 2.45) is 4.99 Å². The number of thioether (sulfide) groups is 1. The fourth-order valence-electron chi connectivity index (χ4n) is 2.39. The third-order valence-electron chi connectivity index (χ3n) is 3.62. The first-order valence-electron chi connectivity index (χ1n) is 8.13. The van der Waals surface area contributed by atoms with Crippen LogP contribution in [0.3, 0.4) is 0 Å². The summed E-state index contributed by atoms with van der Waals surface area (Å²) in [5.74, 6) is 0.278. The highest BCUT2D eigenvalue weighted by molar-refractivity contribution is 8.00. The van der Waals surface area contributed by atoms with Crippen LogP contribution in [0.1, 0.15) is 12.8 Å². The first-order chi connectivity index (χ1) is 12.9. The van der Waals surface area contributed by atoms with Gasteiger partial charge in [0, 0.05) is 24.8 Å². The van der Waals surface area contributed by atoms with Gasteiger partial charge in [0.05, 0.1) is 15.7 Å². The number of sulfonamides is 1. The van der Waals surface area contributed by atoms with Crippen molar-refractivity contribution in [3.8, 4) is 0 Å². The van der Waals surface area contributed by atoms with Crippen molar-refractivity contribution in [1.82, 2.24) is 9.71 Å². The highest BCUT2D eigenvalue weighted by atomic mass is 35.5. The first-order valence-corrected chi connectivity index (χ1v) is 11.0. The minimum Gasteiger partial charge on any atom is -0.325 e. The molecule has 0 bridgehead atoms. The summed E-state index contributed by atoms with van der Waals surface area (Å²) >= 11 is 7.21. The van der Waals surface area contributed by atoms with Crippen LogP contribution >= 0.6 is 23.4 Å². The van der Waals surface area contributed by atoms with Gasteiger partial charge >= 0.3 is 0 Å². The van der Waals surface area contributed by atoms with E-state index in [1.54, 1.807) is 30.5 Å². The maximum absolute atomic E-state index is 12.4. The topological polar surface area (TPSA) is 101 Å². The molecule has 0 radical (unpaired) electrons. The standard InChI is InChI=1S/C17H17ClN4O3S2/c18-14-6-2-9-20-17(14)26-11-16(23)21-12-4-1-5-13(10-12)27(24,25)22-15-7-3-8-19-15/h1-2,4-6,9-10H,3,7-8,11H2,(H,19,22)(H,21,23). The van der Waals surface area contributed by atoms with Gasteiger partial charge in [0.25, 0.3) is 10.0 Å². The minimum absolute atomic E-state index is 0.0651. The number of rotatable bonds is 6. The zero-order valence-electron chi connectivity index (χ0n) is 14.2. The molecule has 1 aliphatic rings. The van der Waals surface area contributed by atoms with E-state index >= 15 is 0 Å². The van der Waals surface area contributed by atoms with Gasteiger partial charge in [-0.25, -0.2) is 13.4 Å². The number of pyridine rings is 1. The zero-order chi connectivity index (χ0) is 19.3. The lowest BCUT2D eigenvalue weighted by Gasteiger charge is -2.10. The first kappa shape index (κ1) is 19.7. The number of benzene rings is 1. The number of halogens is 1. The predicted octanol–water partition coefficient (Wildman–Crippen LogP) is 2.94. The quantitative estimate of drug-likeness (QED) is 0.694. The summed E-state index contributed by atoms with van der Waals surface area (Å²) in [5, 5.41) is 3.72. The number of amides is 1. The third-order valence-corrected chi connectivity index (χ3v) is 6.42. The Morgan fingerprint density at radius 1 is 1.26 bits per heavy atom. The molecule has 0 spiro atoms. The summed E-state index contributed by atoms with van der Waals surface area (Å²) in [5.41, 5.74) is 0.393. The molecule has 7 nitrogen and oxygen atoms in total. The summed E-state index contributed by atoms with van der Waals surface area (Å²) in [6.07, 6.45) is 3.05. The highest BCUT2D eigenvalue weighted by Gasteiger charge is 2.18. The molecule has 10 heteroatoms. The van der Waals surface area contributed by atoms with Gasteiger partial charge in [-0.1, -0.05) is 29.4 Å². The van der Waals surface area contributed by atoms with Crippen molar-refractivity contribution in [2.75, 3.05) is 17.6 Å². The van der Waals surface area contributed by atoms with E-state index in [-0.39, 0.29) is 16.6 Å². The van der Waals surface area contributed by atoms with E-state index in [1.807, 2.05) is 0 Å². The van der Waals surface area contributed by atoms with E-state index in [0.717, 1.165) is 6.42 Å². The fourth-order valence-corrected chi connectivity index (χ4v) is 4.49. The number of hydrogen-bond donors (Lipinski definition) is 2. The summed E-state index contributed by atoms with van der Waals surface area (Å²) in [6, 6.07) is 9.49. The number of anilines is 1. The van der Waals surface area contributed by atoms with Gasteiger partial charge in [0.2, 0.25) is 5.91 Å². The van der Waals surface area contributed by atoms with Crippen molar-refractivity contribution >= 4 is 50.8 Å². The van der Waals surface area contributed by atoms with E-state index in [9.17, 15) is 13.2 Å². The van der Waals surface area contributed by atoms with Gasteiger partial charge in [-0.3, -0.25) is 14.5 Å². The van der Waals surface area contributed by atoms with Crippen molar-refractivity contribution in [3.05, 3.63) is 47.6 Å². The van der Waals surface area contributed by atoms with Gasteiger partial charge in [-0.2, -0.15) is 0 Å². The van der Waals surface area contributed by atoms with Crippen LogP contribution in [0.4, 0.5) is 5.69 Å². The zero-order valence-corrected chi connectivity index (χ0v) is 16.6. The number of nitrogens with one attached hydrogen (secondary N) is 2. The van der Waals surface area contributed by atoms with Gasteiger partial charge in [0.1, 0.15) is 10.9 Å². The Labute approximate surface area is 166 Å². The van der Waals surface area contributed by atoms with Crippen LogP contribution in [0.5, 0.6) is 0 Å². The van der Waals surface area contributed by atoms with Crippen LogP contribution < -0.4 is 10.0 Å². The highest BCUT2D eigenvalue weighted by Crippen LogP contribution is 2.24. The van der Waals surface area contributed by atoms with Crippen molar-refractivity contribution in [1.29, 1.82) is 0 Å². The molecule has 0 saturated carbocycles. The van der Waals surface area contributed by atoms with Gasteiger partial charge in [0.15, 0.2) is 0 Å². The normalized spacial score (nSPS) is 13.9. The predicted molar refractivity (Wildman–Crippen MR) is 107 cm³/mol. The number of aromatic nitrogens is 1. The number of carbonyl (C=O) groups excluding carboxylic acids is 1. The average molecular weight is 425 g/mol. The van der Waals surface area contributed by atoms with Crippen LogP contribution in [0, 0.1) is 0 Å². The molecule has 2 aromatic rings. The second kappa shape index (κ2) is 8.73. The van der Waals surface area contributed by atoms with Crippen molar-refractivity contribution in [2.45, 2.75) is 22.8 Å². The third kappa shape index (κ3) is 5.44. The molecule has 1 aliphatic heterocycles. The summed E-state index contributed by atoms with van der Waals surface area (Å²) in [4.78, 5) is 20.4. The molecule has 0 unspecified atom stereocenters. The Hall–Kier alpha value is -2.10. The van der Waals surface area contributed by atoms with E-state index in [4.69, 9.17) is 11.6 Å². The minimum atomic E-state index is -3.73. The lowest BCUT2D eigenvalue weighted by molar-refractivity contribution is -0.113. The largest absolute Gasteiger partial charge is 0.325 e. The monoisotopic (exact) mass is 424 g/mol. The summed E-state index contributed by atoms with van der Waals surface area (Å²) in [7, 11) is -3.73. The molecule has 142 valence electrons. The lowest BCUT2D eigenvalue weighted by Crippen LogP contribution is -2.29. The number of amidine groups is 1. The van der Waals surface area contributed by atoms with Gasteiger partial charge in [-0.15, -0.1) is 0 Å². The molecule has 1 amide bonds. The van der Waals surface area contributed by atoms with Crippen LogP contribution in [0.2, 0.25) is 5.02 Å². The average Bonchev–Trinajstić information content (AvgIpc) is 3.13. The van der Waals surface area contributed by atoms with Crippen LogP contribution in [0.15, 0.2) is 57.5 Å². The van der Waals surface area contributed by atoms with Gasteiger partial charge in [-0.05, 0) is 36.8 Å². The molecule has 1 aromatic carbocycles. The molecule has 2 heterocycles. The number of carbonyl (C=O) groups is 1. The fraction of sp³-hybridized carbons (Fsp3) is 0.235. The number of hydrogen-bond acceptors (Lipinski definition) is 6. The van der Waals surface area contributed by atoms with Crippen LogP contribution in [-0.4, -0.2) is 37.4 Å². The molecule has 0 atom stereocenters. The maximum atomic E-state index is 12.4. The SMILES string of the molecule is O=C(CSc1ncccc1Cl)Nc1cccc(S(=O)(=O)NC2=NCCC2)c1. The summed E-state index contributed by atoms with van der Waals surface area (Å²) < 4.78 is 27.4. The van der Waals surface area contributed by atoms with Crippen LogP contribution in [0.25, 0.3) is 0 Å². The van der Waals surface area contributed by atoms with E-state index < -0.39 is 10.0 Å². The number of nitrogens with zero attached hydrogens (tertiary/aromatic N) is 2. The Morgan fingerprint density at radius 2 is 2.11 bits per heavy atom. The van der Waals surface area contributed by atoms with Gasteiger partial charge < -0.3 is 5.32 Å². The molecule has 2 N–H and O–H groups in total. The molecule has 0 saturated heterocycles. The van der Waals surface area contributed by atoms with E-state index in [0.29, 0.717) is 34.5 Å². The van der Waals surface area contributed by atoms with E-state index in [1.165, 1.54) is 23.9 Å². The van der Waals surface area contributed by atoms with Crippen molar-refractivity contribution in [3.63, 3.8) is 0 Å². The summed E-state index contributed by atoms with van der Waals surface area (Å²) in [6.45, 7) is 0.631. The second-order valence-corrected chi connectivity index (χ2v) is 8.75. The van der Waals surface area contributed by atoms with Crippen LogP contribution in [-0.2, 0) is 14.8 Å². The van der Waals surface area contributed by atoms with E-state index in [2.05, 4.69) is 20.0 Å². The molecular formula is C17H17ClN4O3S2. The van der Waals surface area contributed by atoms with Crippen molar-refractivity contribution < 1.29 is 13.2 Å². The molecule has 0 fully saturated rings. The Kier molecular flexibility index (Phi) is 6.35. The Bertz CT molecular complexity index is 980. The smallest absolute Gasteiger partial charge is 0.262 e. The molecular weight excluding hydrogens is 408 g/mol. The molecule has 0 aliphatic carbocycles. The molecule has 27 heavy (non-hydrogen) atoms. The Morgan fingerprint density at radius 3 is 2.85 bits per heavy atom.